The number of hydrogen-bond acceptors (Lipinski definition) is 3. The van der Waals surface area contributed by atoms with Gasteiger partial charge in [-0.15, -0.1) is 0 Å². The molecule has 4 aliphatic rings. The zero-order valence-electron chi connectivity index (χ0n) is 17.9. The molecule has 4 unspecified atom stereocenters. The van der Waals surface area contributed by atoms with Crippen LogP contribution in [0.15, 0.2) is 0 Å². The molecule has 0 spiro atoms. The van der Waals surface area contributed by atoms with Crippen LogP contribution in [0.4, 0.5) is 0 Å². The first-order valence-corrected chi connectivity index (χ1v) is 11.8. The zero-order chi connectivity index (χ0) is 20.3. The maximum Gasteiger partial charge on any atom is 0.303 e. The summed E-state index contributed by atoms with van der Waals surface area (Å²) in [6.45, 7) is 7.06. The SMILES string of the molecule is C[C@H](CCC(=O)O)[C@H]1CCC2C3C(CC[C@@]21C)[C@@]1(C)CCCCC1[C@@H](O)[C@H]3O. The lowest BCUT2D eigenvalue weighted by Gasteiger charge is -2.63. The van der Waals surface area contributed by atoms with Crippen LogP contribution in [0.2, 0.25) is 0 Å². The molecule has 4 saturated carbocycles. The second-order valence-electron chi connectivity index (χ2n) is 11.3. The standard InChI is InChI=1S/C24H40O4/c1-14(7-10-19(25)26)15-8-9-16-20-17(11-13-24(15,16)3)23(2)12-5-4-6-18(23)21(27)22(20)28/h14-18,20-22,27-28H,4-13H2,1-3H3,(H,25,26)/t14-,15-,16?,17?,18?,20?,21-,22+,23-,24-/m1/s1. The number of carbonyl (C=O) groups is 1. The summed E-state index contributed by atoms with van der Waals surface area (Å²) in [5.74, 6) is 1.72. The van der Waals surface area contributed by atoms with Crippen molar-refractivity contribution >= 4 is 5.97 Å². The van der Waals surface area contributed by atoms with Gasteiger partial charge in [0.15, 0.2) is 0 Å². The van der Waals surface area contributed by atoms with Crippen molar-refractivity contribution in [2.75, 3.05) is 0 Å². The minimum absolute atomic E-state index is 0.176. The molecule has 4 fully saturated rings. The quantitative estimate of drug-likeness (QED) is 0.659. The molecule has 0 amide bonds. The third-order valence-electron chi connectivity index (χ3n) is 10.2. The van der Waals surface area contributed by atoms with E-state index in [2.05, 4.69) is 20.8 Å². The average Bonchev–Trinajstić information content (AvgIpc) is 3.01. The fraction of sp³-hybridized carbons (Fsp3) is 0.958. The van der Waals surface area contributed by atoms with Gasteiger partial charge in [0.05, 0.1) is 12.2 Å². The van der Waals surface area contributed by atoms with Gasteiger partial charge in [-0.3, -0.25) is 4.79 Å². The Morgan fingerprint density at radius 1 is 0.929 bits per heavy atom. The molecule has 3 N–H and O–H groups in total. The molecule has 0 aromatic carbocycles. The predicted molar refractivity (Wildman–Crippen MR) is 109 cm³/mol. The van der Waals surface area contributed by atoms with E-state index < -0.39 is 18.2 Å². The first kappa shape index (κ1) is 20.7. The summed E-state index contributed by atoms with van der Waals surface area (Å²) in [6.07, 6.45) is 9.20. The number of rotatable bonds is 4. The Balaban J connectivity index is 1.59. The van der Waals surface area contributed by atoms with Crippen LogP contribution >= 0.6 is 0 Å². The van der Waals surface area contributed by atoms with Gasteiger partial charge >= 0.3 is 5.97 Å². The van der Waals surface area contributed by atoms with Gasteiger partial charge in [0.25, 0.3) is 0 Å². The van der Waals surface area contributed by atoms with Crippen molar-refractivity contribution in [2.24, 2.45) is 46.3 Å². The summed E-state index contributed by atoms with van der Waals surface area (Å²) in [5, 5.41) is 31.4. The molecule has 28 heavy (non-hydrogen) atoms. The fourth-order valence-corrected chi connectivity index (χ4v) is 8.84. The molecular formula is C24H40O4. The van der Waals surface area contributed by atoms with Gasteiger partial charge < -0.3 is 15.3 Å². The lowest BCUT2D eigenvalue weighted by atomic mass is 9.43. The molecular weight excluding hydrogens is 352 g/mol. The maximum absolute atomic E-state index is 11.3. The first-order valence-electron chi connectivity index (χ1n) is 11.8. The molecule has 4 heteroatoms. The Hall–Kier alpha value is -0.610. The van der Waals surface area contributed by atoms with E-state index >= 15 is 0 Å². The van der Waals surface area contributed by atoms with Gasteiger partial charge in [-0.25, -0.2) is 0 Å². The smallest absolute Gasteiger partial charge is 0.303 e. The van der Waals surface area contributed by atoms with Crippen LogP contribution < -0.4 is 0 Å². The van der Waals surface area contributed by atoms with E-state index in [1.165, 1.54) is 25.7 Å². The molecule has 0 aromatic heterocycles. The Labute approximate surface area is 170 Å². The van der Waals surface area contributed by atoms with Crippen molar-refractivity contribution in [3.05, 3.63) is 0 Å². The molecule has 0 saturated heterocycles. The van der Waals surface area contributed by atoms with E-state index in [4.69, 9.17) is 5.11 Å². The highest BCUT2D eigenvalue weighted by atomic mass is 16.4. The lowest BCUT2D eigenvalue weighted by Crippen LogP contribution is -2.63. The summed E-state index contributed by atoms with van der Waals surface area (Å²) in [5.41, 5.74) is 0.355. The van der Waals surface area contributed by atoms with Crippen LogP contribution in [0.5, 0.6) is 0 Å². The van der Waals surface area contributed by atoms with Crippen molar-refractivity contribution in [3.8, 4) is 0 Å². The molecule has 4 rings (SSSR count). The Kier molecular flexibility index (Phi) is 5.36. The summed E-state index contributed by atoms with van der Waals surface area (Å²) in [4.78, 5) is 11.1. The fourth-order valence-electron chi connectivity index (χ4n) is 8.84. The number of hydrogen-bond donors (Lipinski definition) is 3. The number of carboxylic acids is 1. The highest BCUT2D eigenvalue weighted by molar-refractivity contribution is 5.66. The number of carboxylic acid groups (broad SMARTS) is 1. The van der Waals surface area contributed by atoms with Crippen molar-refractivity contribution in [2.45, 2.75) is 97.2 Å². The number of aliphatic hydroxyl groups excluding tert-OH is 2. The Bertz CT molecular complexity index is 605. The molecule has 0 bridgehead atoms. The van der Waals surface area contributed by atoms with Gasteiger partial charge in [0.1, 0.15) is 0 Å². The van der Waals surface area contributed by atoms with Crippen LogP contribution in [0, 0.1) is 46.3 Å². The number of aliphatic carboxylic acids is 1. The monoisotopic (exact) mass is 392 g/mol. The van der Waals surface area contributed by atoms with Gasteiger partial charge in [0, 0.05) is 6.42 Å². The van der Waals surface area contributed by atoms with E-state index in [1.54, 1.807) is 0 Å². The van der Waals surface area contributed by atoms with Crippen LogP contribution in [0.3, 0.4) is 0 Å². The van der Waals surface area contributed by atoms with E-state index in [-0.39, 0.29) is 29.1 Å². The highest BCUT2D eigenvalue weighted by Gasteiger charge is 2.64. The third kappa shape index (κ3) is 2.96. The third-order valence-corrected chi connectivity index (χ3v) is 10.2. The number of aliphatic hydroxyl groups is 2. The summed E-state index contributed by atoms with van der Waals surface area (Å²) >= 11 is 0. The molecule has 0 radical (unpaired) electrons. The largest absolute Gasteiger partial charge is 0.481 e. The topological polar surface area (TPSA) is 77.8 Å². The second kappa shape index (κ2) is 7.27. The summed E-state index contributed by atoms with van der Waals surface area (Å²) in [7, 11) is 0. The lowest BCUT2D eigenvalue weighted by molar-refractivity contribution is -0.215. The van der Waals surface area contributed by atoms with E-state index in [1.807, 2.05) is 0 Å². The highest BCUT2D eigenvalue weighted by Crippen LogP contribution is 2.68. The first-order chi connectivity index (χ1) is 13.2. The van der Waals surface area contributed by atoms with Crippen LogP contribution in [-0.2, 0) is 4.79 Å². The predicted octanol–water partition coefficient (Wildman–Crippen LogP) is 4.48. The van der Waals surface area contributed by atoms with Gasteiger partial charge in [0.2, 0.25) is 0 Å². The average molecular weight is 393 g/mol. The molecule has 4 aliphatic carbocycles. The van der Waals surface area contributed by atoms with Crippen LogP contribution in [0.1, 0.15) is 85.0 Å². The van der Waals surface area contributed by atoms with E-state index in [0.717, 1.165) is 32.1 Å². The van der Waals surface area contributed by atoms with Gasteiger partial charge in [-0.05, 0) is 91.3 Å². The molecule has 4 nitrogen and oxygen atoms in total. The van der Waals surface area contributed by atoms with E-state index in [9.17, 15) is 15.0 Å². The Morgan fingerprint density at radius 2 is 1.64 bits per heavy atom. The minimum atomic E-state index is -0.697. The van der Waals surface area contributed by atoms with Gasteiger partial charge in [-0.2, -0.15) is 0 Å². The van der Waals surface area contributed by atoms with Gasteiger partial charge in [-0.1, -0.05) is 33.6 Å². The molecule has 0 aromatic rings. The summed E-state index contributed by atoms with van der Waals surface area (Å²) in [6, 6.07) is 0. The Morgan fingerprint density at radius 3 is 2.36 bits per heavy atom. The van der Waals surface area contributed by atoms with Crippen LogP contribution in [0.25, 0.3) is 0 Å². The van der Waals surface area contributed by atoms with E-state index in [0.29, 0.717) is 23.7 Å². The zero-order valence-corrected chi connectivity index (χ0v) is 17.9. The van der Waals surface area contributed by atoms with Crippen molar-refractivity contribution in [1.29, 1.82) is 0 Å². The normalized spacial score (nSPS) is 51.7. The number of fused-ring (bicyclic) bond motifs is 5. The molecule has 160 valence electrons. The van der Waals surface area contributed by atoms with Crippen molar-refractivity contribution in [3.63, 3.8) is 0 Å². The van der Waals surface area contributed by atoms with Crippen molar-refractivity contribution in [1.82, 2.24) is 0 Å². The van der Waals surface area contributed by atoms with Crippen LogP contribution in [-0.4, -0.2) is 33.5 Å². The summed E-state index contributed by atoms with van der Waals surface area (Å²) < 4.78 is 0. The molecule has 10 atom stereocenters. The second-order valence-corrected chi connectivity index (χ2v) is 11.3. The molecule has 0 heterocycles. The molecule has 0 aliphatic heterocycles. The maximum atomic E-state index is 11.3. The van der Waals surface area contributed by atoms with Crippen molar-refractivity contribution < 1.29 is 20.1 Å². The minimum Gasteiger partial charge on any atom is -0.481 e.